The standard InChI is InChI=1S/C16H26N2O3/c1-5-12(2)17-11-13-6-7-14(15(10-13)21-4)18(3)9-8-16(19)20/h6-7,10,12,17H,5,8-9,11H2,1-4H3,(H,19,20). The van der Waals surface area contributed by atoms with Gasteiger partial charge in [0.2, 0.25) is 0 Å². The number of carboxylic acids is 1. The van der Waals surface area contributed by atoms with Crippen LogP contribution >= 0.6 is 0 Å². The van der Waals surface area contributed by atoms with Crippen LogP contribution in [0.3, 0.4) is 0 Å². The topological polar surface area (TPSA) is 61.8 Å². The maximum absolute atomic E-state index is 10.7. The summed E-state index contributed by atoms with van der Waals surface area (Å²) in [4.78, 5) is 12.6. The highest BCUT2D eigenvalue weighted by molar-refractivity contribution is 5.68. The summed E-state index contributed by atoms with van der Waals surface area (Å²) in [5.74, 6) is -0.0264. The third-order valence-electron chi connectivity index (χ3n) is 3.58. The van der Waals surface area contributed by atoms with Gasteiger partial charge in [-0.1, -0.05) is 13.0 Å². The number of hydrogen-bond acceptors (Lipinski definition) is 4. The lowest BCUT2D eigenvalue weighted by atomic mass is 10.1. The van der Waals surface area contributed by atoms with E-state index in [1.807, 2.05) is 30.1 Å². The molecule has 0 aromatic heterocycles. The van der Waals surface area contributed by atoms with Crippen LogP contribution in [-0.2, 0) is 11.3 Å². The van der Waals surface area contributed by atoms with Crippen molar-refractivity contribution < 1.29 is 14.6 Å². The van der Waals surface area contributed by atoms with E-state index in [1.165, 1.54) is 0 Å². The molecule has 1 aromatic carbocycles. The Hall–Kier alpha value is -1.75. The van der Waals surface area contributed by atoms with Gasteiger partial charge in [-0.3, -0.25) is 4.79 Å². The lowest BCUT2D eigenvalue weighted by Crippen LogP contribution is -2.24. The Morgan fingerprint density at radius 1 is 1.48 bits per heavy atom. The summed E-state index contributed by atoms with van der Waals surface area (Å²) in [6.07, 6.45) is 1.20. The van der Waals surface area contributed by atoms with Crippen molar-refractivity contribution >= 4 is 11.7 Å². The quantitative estimate of drug-likeness (QED) is 0.732. The molecule has 0 fully saturated rings. The van der Waals surface area contributed by atoms with Crippen LogP contribution in [-0.4, -0.2) is 37.8 Å². The SMILES string of the molecule is CCC(C)NCc1ccc(N(C)CCC(=O)O)c(OC)c1. The van der Waals surface area contributed by atoms with Gasteiger partial charge in [-0.2, -0.15) is 0 Å². The molecule has 5 heteroatoms. The van der Waals surface area contributed by atoms with Crippen molar-refractivity contribution in [2.24, 2.45) is 0 Å². The molecule has 5 nitrogen and oxygen atoms in total. The number of nitrogens with zero attached hydrogens (tertiary/aromatic N) is 1. The normalized spacial score (nSPS) is 12.0. The molecule has 21 heavy (non-hydrogen) atoms. The number of carbonyl (C=O) groups is 1. The molecule has 0 aliphatic carbocycles. The summed E-state index contributed by atoms with van der Waals surface area (Å²) < 4.78 is 5.43. The van der Waals surface area contributed by atoms with Gasteiger partial charge >= 0.3 is 5.97 Å². The van der Waals surface area contributed by atoms with Crippen LogP contribution in [0.5, 0.6) is 5.75 Å². The summed E-state index contributed by atoms with van der Waals surface area (Å²) in [6.45, 7) is 5.56. The lowest BCUT2D eigenvalue weighted by Gasteiger charge is -2.22. The van der Waals surface area contributed by atoms with Crippen LogP contribution in [0, 0.1) is 0 Å². The van der Waals surface area contributed by atoms with Crippen molar-refractivity contribution in [2.75, 3.05) is 25.6 Å². The molecule has 0 aliphatic rings. The largest absolute Gasteiger partial charge is 0.495 e. The van der Waals surface area contributed by atoms with E-state index in [-0.39, 0.29) is 6.42 Å². The molecule has 0 amide bonds. The molecule has 118 valence electrons. The molecule has 2 N–H and O–H groups in total. The van der Waals surface area contributed by atoms with Gasteiger partial charge in [-0.15, -0.1) is 0 Å². The van der Waals surface area contributed by atoms with Gasteiger partial charge in [-0.25, -0.2) is 0 Å². The molecule has 1 atom stereocenters. The highest BCUT2D eigenvalue weighted by atomic mass is 16.5. The number of aliphatic carboxylic acids is 1. The second-order valence-corrected chi connectivity index (χ2v) is 5.26. The first kappa shape index (κ1) is 17.3. The van der Waals surface area contributed by atoms with Gasteiger partial charge < -0.3 is 20.1 Å². The maximum atomic E-state index is 10.7. The van der Waals surface area contributed by atoms with E-state index in [9.17, 15) is 4.79 Å². The Bertz CT molecular complexity index is 463. The minimum atomic E-state index is -0.796. The molecule has 0 spiro atoms. The van der Waals surface area contributed by atoms with Crippen molar-refractivity contribution in [3.8, 4) is 5.75 Å². The lowest BCUT2D eigenvalue weighted by molar-refractivity contribution is -0.136. The Labute approximate surface area is 126 Å². The Morgan fingerprint density at radius 3 is 2.76 bits per heavy atom. The number of hydrogen-bond donors (Lipinski definition) is 2. The minimum Gasteiger partial charge on any atom is -0.495 e. The predicted octanol–water partition coefficient (Wildman–Crippen LogP) is 2.49. The smallest absolute Gasteiger partial charge is 0.305 e. The van der Waals surface area contributed by atoms with Crippen LogP contribution in [0.4, 0.5) is 5.69 Å². The van der Waals surface area contributed by atoms with Gasteiger partial charge in [-0.05, 0) is 31.0 Å². The Morgan fingerprint density at radius 2 is 2.19 bits per heavy atom. The van der Waals surface area contributed by atoms with Crippen LogP contribution in [0.1, 0.15) is 32.3 Å². The fourth-order valence-electron chi connectivity index (χ4n) is 1.97. The minimum absolute atomic E-state index is 0.108. The first-order valence-corrected chi connectivity index (χ1v) is 7.31. The summed E-state index contributed by atoms with van der Waals surface area (Å²) in [6, 6.07) is 6.51. The van der Waals surface area contributed by atoms with E-state index >= 15 is 0 Å². The van der Waals surface area contributed by atoms with Gasteiger partial charge in [0.05, 0.1) is 19.2 Å². The van der Waals surface area contributed by atoms with Crippen molar-refractivity contribution in [2.45, 2.75) is 39.3 Å². The van der Waals surface area contributed by atoms with E-state index in [0.717, 1.165) is 30.0 Å². The zero-order valence-electron chi connectivity index (χ0n) is 13.3. The molecule has 0 radical (unpaired) electrons. The fraction of sp³-hybridized carbons (Fsp3) is 0.562. The van der Waals surface area contributed by atoms with Crippen molar-refractivity contribution in [1.82, 2.24) is 5.32 Å². The number of ether oxygens (including phenoxy) is 1. The molecule has 1 rings (SSSR count). The summed E-state index contributed by atoms with van der Waals surface area (Å²) in [7, 11) is 3.51. The zero-order chi connectivity index (χ0) is 15.8. The van der Waals surface area contributed by atoms with Crippen LogP contribution in [0.25, 0.3) is 0 Å². The van der Waals surface area contributed by atoms with E-state index < -0.39 is 5.97 Å². The Kier molecular flexibility index (Phi) is 7.02. The average Bonchev–Trinajstić information content (AvgIpc) is 2.49. The van der Waals surface area contributed by atoms with Crippen molar-refractivity contribution in [1.29, 1.82) is 0 Å². The first-order valence-electron chi connectivity index (χ1n) is 7.31. The third kappa shape index (κ3) is 5.63. The van der Waals surface area contributed by atoms with Crippen molar-refractivity contribution in [3.63, 3.8) is 0 Å². The molecular formula is C16H26N2O3. The average molecular weight is 294 g/mol. The number of nitrogens with one attached hydrogen (secondary N) is 1. The second-order valence-electron chi connectivity index (χ2n) is 5.26. The molecular weight excluding hydrogens is 268 g/mol. The van der Waals surface area contributed by atoms with Crippen molar-refractivity contribution in [3.05, 3.63) is 23.8 Å². The van der Waals surface area contributed by atoms with E-state index in [2.05, 4.69) is 19.2 Å². The molecule has 1 unspecified atom stereocenters. The summed E-state index contributed by atoms with van der Waals surface area (Å²) >= 11 is 0. The van der Waals surface area contributed by atoms with Crippen LogP contribution in [0.2, 0.25) is 0 Å². The highest BCUT2D eigenvalue weighted by Crippen LogP contribution is 2.28. The number of methoxy groups -OCH3 is 1. The van der Waals surface area contributed by atoms with E-state index in [4.69, 9.17) is 9.84 Å². The molecule has 1 aromatic rings. The summed E-state index contributed by atoms with van der Waals surface area (Å²) in [5.41, 5.74) is 2.06. The monoisotopic (exact) mass is 294 g/mol. The Balaban J connectivity index is 2.76. The third-order valence-corrected chi connectivity index (χ3v) is 3.58. The first-order chi connectivity index (χ1) is 9.97. The molecule has 0 bridgehead atoms. The van der Waals surface area contributed by atoms with Gasteiger partial charge in [0, 0.05) is 26.2 Å². The van der Waals surface area contributed by atoms with Crippen LogP contribution in [0.15, 0.2) is 18.2 Å². The molecule has 0 aliphatic heterocycles. The highest BCUT2D eigenvalue weighted by Gasteiger charge is 2.11. The number of rotatable bonds is 9. The van der Waals surface area contributed by atoms with Gasteiger partial charge in [0.1, 0.15) is 5.75 Å². The molecule has 0 saturated heterocycles. The number of anilines is 1. The number of carboxylic acid groups (broad SMARTS) is 1. The van der Waals surface area contributed by atoms with E-state index in [0.29, 0.717) is 12.6 Å². The van der Waals surface area contributed by atoms with Gasteiger partial charge in [0.25, 0.3) is 0 Å². The second kappa shape index (κ2) is 8.52. The molecule has 0 heterocycles. The van der Waals surface area contributed by atoms with Crippen LogP contribution < -0.4 is 15.0 Å². The van der Waals surface area contributed by atoms with E-state index in [1.54, 1.807) is 7.11 Å². The maximum Gasteiger partial charge on any atom is 0.305 e. The predicted molar refractivity (Wildman–Crippen MR) is 85.1 cm³/mol. The molecule has 0 saturated carbocycles. The number of benzene rings is 1. The van der Waals surface area contributed by atoms with Gasteiger partial charge in [0.15, 0.2) is 0 Å². The fourth-order valence-corrected chi connectivity index (χ4v) is 1.97. The summed E-state index contributed by atoms with van der Waals surface area (Å²) in [5, 5.41) is 12.2. The zero-order valence-corrected chi connectivity index (χ0v) is 13.3.